The van der Waals surface area contributed by atoms with Gasteiger partial charge in [0, 0.05) is 25.7 Å². The van der Waals surface area contributed by atoms with Crippen LogP contribution in [0, 0.1) is 0 Å². The Labute approximate surface area is 304 Å². The molecule has 8 bridgehead atoms. The van der Waals surface area contributed by atoms with Gasteiger partial charge in [0.2, 0.25) is 0 Å². The third kappa shape index (κ3) is 7.62. The Kier molecular flexibility index (Phi) is 10.4. The summed E-state index contributed by atoms with van der Waals surface area (Å²) < 4.78 is 19.1. The highest BCUT2D eigenvalue weighted by Gasteiger charge is 2.23. The molecule has 0 atom stereocenters. The number of hydrogen-bond acceptors (Lipinski definition) is 6. The first-order valence-electron chi connectivity index (χ1n) is 17.8. The maximum atomic E-state index is 13.7. The number of para-hydroxylation sites is 4. The molecule has 6 aromatic carbocycles. The Morgan fingerprint density at radius 1 is 0.481 bits per heavy atom. The van der Waals surface area contributed by atoms with Gasteiger partial charge in [0.25, 0.3) is 0 Å². The van der Waals surface area contributed by atoms with Gasteiger partial charge in [-0.1, -0.05) is 123 Å². The van der Waals surface area contributed by atoms with Crippen molar-refractivity contribution in [3.8, 4) is 23.0 Å². The number of aromatic hydroxyl groups is 1. The Hall–Kier alpha value is -6.14. The fourth-order valence-electron chi connectivity index (χ4n) is 6.72. The quantitative estimate of drug-likeness (QED) is 0.0973. The molecule has 0 saturated heterocycles. The number of fused-ring (bicyclic) bond motifs is 8. The molecule has 1 aliphatic rings. The van der Waals surface area contributed by atoms with Gasteiger partial charge in [-0.2, -0.15) is 0 Å². The minimum Gasteiger partial charge on any atom is -0.507 e. The van der Waals surface area contributed by atoms with Crippen molar-refractivity contribution in [2.75, 3.05) is 6.61 Å². The van der Waals surface area contributed by atoms with Crippen molar-refractivity contribution in [1.29, 1.82) is 0 Å². The lowest BCUT2D eigenvalue weighted by molar-refractivity contribution is 0.0724. The minimum atomic E-state index is -0.486. The first-order chi connectivity index (χ1) is 25.5. The van der Waals surface area contributed by atoms with Crippen molar-refractivity contribution < 1.29 is 28.9 Å². The second-order valence-electron chi connectivity index (χ2n) is 13.1. The van der Waals surface area contributed by atoms with E-state index in [1.807, 2.05) is 97.1 Å². The van der Waals surface area contributed by atoms with Gasteiger partial charge < -0.3 is 19.3 Å². The van der Waals surface area contributed by atoms with E-state index in [0.29, 0.717) is 60.5 Å². The van der Waals surface area contributed by atoms with Crippen molar-refractivity contribution in [3.63, 3.8) is 0 Å². The van der Waals surface area contributed by atoms with Crippen LogP contribution in [0.5, 0.6) is 23.0 Å². The second kappa shape index (κ2) is 15.8. The van der Waals surface area contributed by atoms with Gasteiger partial charge in [-0.25, -0.2) is 9.59 Å². The summed E-state index contributed by atoms with van der Waals surface area (Å²) in [6.45, 7) is 2.69. The van der Waals surface area contributed by atoms with Crippen molar-refractivity contribution >= 4 is 11.9 Å². The van der Waals surface area contributed by atoms with E-state index in [0.717, 1.165) is 57.5 Å². The molecule has 0 heterocycles. The molecule has 6 aromatic rings. The van der Waals surface area contributed by atoms with Crippen molar-refractivity contribution in [3.05, 3.63) is 189 Å². The van der Waals surface area contributed by atoms with E-state index >= 15 is 0 Å². The maximum absolute atomic E-state index is 13.7. The number of hydrogen-bond donors (Lipinski definition) is 1. The third-order valence-electron chi connectivity index (χ3n) is 9.41. The Morgan fingerprint density at radius 2 is 0.827 bits per heavy atom. The number of phenolic OH excluding ortho intramolecular Hbond substituents is 1. The highest BCUT2D eigenvalue weighted by Crippen LogP contribution is 2.39. The van der Waals surface area contributed by atoms with Crippen LogP contribution in [-0.2, 0) is 25.7 Å². The largest absolute Gasteiger partial charge is 0.507 e. The Balaban J connectivity index is 1.41. The van der Waals surface area contributed by atoms with E-state index in [2.05, 4.69) is 6.92 Å². The molecule has 0 radical (unpaired) electrons. The minimum absolute atomic E-state index is 0.200. The van der Waals surface area contributed by atoms with Crippen LogP contribution in [0.1, 0.15) is 85.0 Å². The fourth-order valence-corrected chi connectivity index (χ4v) is 6.72. The summed E-state index contributed by atoms with van der Waals surface area (Å²) in [4.78, 5) is 27.2. The Bertz CT molecular complexity index is 2210. The molecule has 260 valence electrons. The highest BCUT2D eigenvalue weighted by atomic mass is 16.5. The predicted octanol–water partition coefficient (Wildman–Crippen LogP) is 9.69. The zero-order valence-electron chi connectivity index (χ0n) is 29.1. The molecule has 7 rings (SSSR count). The van der Waals surface area contributed by atoms with E-state index in [-0.39, 0.29) is 5.75 Å². The van der Waals surface area contributed by atoms with E-state index < -0.39 is 11.9 Å². The molecule has 0 unspecified atom stereocenters. The predicted molar refractivity (Wildman–Crippen MR) is 202 cm³/mol. The second-order valence-corrected chi connectivity index (χ2v) is 13.1. The fraction of sp³-hybridized carbons (Fsp3) is 0.174. The third-order valence-corrected chi connectivity index (χ3v) is 9.41. The number of phenols is 1. The first kappa shape index (κ1) is 34.3. The molecule has 52 heavy (non-hydrogen) atoms. The number of unbranched alkanes of at least 4 members (excludes halogenated alkanes) is 1. The van der Waals surface area contributed by atoms with Crippen LogP contribution in [0.4, 0.5) is 0 Å². The first-order valence-corrected chi connectivity index (χ1v) is 17.8. The molecule has 1 aliphatic carbocycles. The van der Waals surface area contributed by atoms with Crippen molar-refractivity contribution in [2.24, 2.45) is 0 Å². The van der Waals surface area contributed by atoms with Gasteiger partial charge in [-0.3, -0.25) is 0 Å². The smallest absolute Gasteiger partial charge is 0.343 e. The van der Waals surface area contributed by atoms with Gasteiger partial charge in [0.05, 0.1) is 17.7 Å². The van der Waals surface area contributed by atoms with E-state index in [1.165, 1.54) is 0 Å². The molecular formula is C46H40O6. The van der Waals surface area contributed by atoms with E-state index in [4.69, 9.17) is 14.2 Å². The van der Waals surface area contributed by atoms with Crippen LogP contribution in [0.25, 0.3) is 0 Å². The SMILES string of the molecule is CCCCOc1c2cccc1Cc1cccc(c1OC(=O)c1ccccc1)Cc1cccc(c1OC(=O)c1ccccc1)Cc1cccc(c1O)C2. The number of rotatable bonds is 8. The molecule has 6 nitrogen and oxygen atoms in total. The lowest BCUT2D eigenvalue weighted by Gasteiger charge is -2.21. The Morgan fingerprint density at radius 3 is 1.21 bits per heavy atom. The topological polar surface area (TPSA) is 82.1 Å². The van der Waals surface area contributed by atoms with Crippen LogP contribution >= 0.6 is 0 Å². The van der Waals surface area contributed by atoms with E-state index in [9.17, 15) is 14.7 Å². The van der Waals surface area contributed by atoms with Crippen LogP contribution in [-0.4, -0.2) is 23.7 Å². The zero-order chi connectivity index (χ0) is 35.9. The average molecular weight is 689 g/mol. The molecule has 1 N–H and O–H groups in total. The summed E-state index contributed by atoms with van der Waals surface area (Å²) in [6.07, 6.45) is 3.40. The molecule has 6 heteroatoms. The van der Waals surface area contributed by atoms with Crippen LogP contribution < -0.4 is 14.2 Å². The molecule has 0 aromatic heterocycles. The zero-order valence-corrected chi connectivity index (χ0v) is 29.1. The normalized spacial score (nSPS) is 12.1. The molecular weight excluding hydrogens is 649 g/mol. The summed E-state index contributed by atoms with van der Waals surface area (Å²) in [5, 5.41) is 11.7. The van der Waals surface area contributed by atoms with Crippen molar-refractivity contribution in [2.45, 2.75) is 45.4 Å². The van der Waals surface area contributed by atoms with Gasteiger partial charge in [-0.05, 0) is 75.2 Å². The van der Waals surface area contributed by atoms with Crippen LogP contribution in [0.2, 0.25) is 0 Å². The summed E-state index contributed by atoms with van der Waals surface area (Å²) >= 11 is 0. The number of esters is 2. The number of carbonyl (C=O) groups excluding carboxylic acids is 2. The lowest BCUT2D eigenvalue weighted by Crippen LogP contribution is -2.14. The molecule has 0 saturated carbocycles. The van der Waals surface area contributed by atoms with Gasteiger partial charge in [0.1, 0.15) is 23.0 Å². The number of carbonyl (C=O) groups is 2. The summed E-state index contributed by atoms with van der Waals surface area (Å²) in [5.41, 5.74) is 7.30. The van der Waals surface area contributed by atoms with Crippen LogP contribution in [0.15, 0.2) is 133 Å². The summed E-state index contributed by atoms with van der Waals surface area (Å²) in [5.74, 6) is 0.901. The molecule has 0 spiro atoms. The van der Waals surface area contributed by atoms with Crippen LogP contribution in [0.3, 0.4) is 0 Å². The molecule has 0 amide bonds. The maximum Gasteiger partial charge on any atom is 0.343 e. The molecule has 0 aliphatic heterocycles. The van der Waals surface area contributed by atoms with Gasteiger partial charge in [-0.15, -0.1) is 0 Å². The lowest BCUT2D eigenvalue weighted by atomic mass is 9.91. The summed E-state index contributed by atoms with van der Waals surface area (Å²) in [6, 6.07) is 41.4. The summed E-state index contributed by atoms with van der Waals surface area (Å²) in [7, 11) is 0. The van der Waals surface area contributed by atoms with E-state index in [1.54, 1.807) is 36.4 Å². The molecule has 0 fully saturated rings. The van der Waals surface area contributed by atoms with Crippen molar-refractivity contribution in [1.82, 2.24) is 0 Å². The highest BCUT2D eigenvalue weighted by molar-refractivity contribution is 5.92. The van der Waals surface area contributed by atoms with Gasteiger partial charge >= 0.3 is 11.9 Å². The number of benzene rings is 6. The standard InChI is InChI=1S/C46H40O6/c1-2-3-26-50-42-35-20-11-21-36(42)29-38-23-13-25-40(44(38)52-46(49)32-16-8-5-9-17-32)30-39-24-12-22-37(28-34-19-10-18-33(27-35)41(34)47)43(39)51-45(48)31-14-6-4-7-15-31/h4-25,47H,2-3,26-30H2,1H3. The number of ether oxygens (including phenoxy) is 3. The average Bonchev–Trinajstić information content (AvgIpc) is 3.17. The monoisotopic (exact) mass is 688 g/mol. The van der Waals surface area contributed by atoms with Gasteiger partial charge in [0.15, 0.2) is 0 Å².